The fourth-order valence-electron chi connectivity index (χ4n) is 3.80. The van der Waals surface area contributed by atoms with Crippen LogP contribution in [0.4, 0.5) is 0 Å². The highest BCUT2D eigenvalue weighted by Gasteiger charge is 2.15. The Morgan fingerprint density at radius 3 is 1.55 bits per heavy atom. The number of unbranched alkanes of at least 4 members (excludes halogenated alkanes) is 16. The van der Waals surface area contributed by atoms with Crippen molar-refractivity contribution in [1.82, 2.24) is 0 Å². The van der Waals surface area contributed by atoms with Crippen molar-refractivity contribution in [3.63, 3.8) is 0 Å². The van der Waals surface area contributed by atoms with Crippen LogP contribution in [0.25, 0.3) is 0 Å². The molecule has 33 heavy (non-hydrogen) atoms. The molecule has 4 nitrogen and oxygen atoms in total. The molecule has 0 bridgehead atoms. The van der Waals surface area contributed by atoms with Crippen molar-refractivity contribution < 1.29 is 19.4 Å². The number of carbonyl (C=O) groups excluding carboxylic acids is 1. The number of ether oxygens (including phenoxy) is 1. The van der Waals surface area contributed by atoms with Crippen molar-refractivity contribution >= 4 is 11.9 Å². The summed E-state index contributed by atoms with van der Waals surface area (Å²) in [5, 5.41) is 8.71. The Labute approximate surface area is 204 Å². The Hall–Kier alpha value is -1.58. The molecule has 0 aliphatic rings. The van der Waals surface area contributed by atoms with Crippen LogP contribution in [0.1, 0.15) is 142 Å². The summed E-state index contributed by atoms with van der Waals surface area (Å²) in [4.78, 5) is 22.1. The first-order valence-corrected chi connectivity index (χ1v) is 13.8. The summed E-state index contributed by atoms with van der Waals surface area (Å²) in [6, 6.07) is 0. The smallest absolute Gasteiger partial charge is 0.344 e. The number of carboxylic acids is 1. The summed E-state index contributed by atoms with van der Waals surface area (Å²) in [6.45, 7) is 3.65. The highest BCUT2D eigenvalue weighted by Crippen LogP contribution is 2.13. The molecule has 0 spiro atoms. The van der Waals surface area contributed by atoms with E-state index in [9.17, 15) is 9.59 Å². The summed E-state index contributed by atoms with van der Waals surface area (Å²) in [5.74, 6) is -1.50. The highest BCUT2D eigenvalue weighted by atomic mass is 16.6. The van der Waals surface area contributed by atoms with Crippen molar-refractivity contribution in [1.29, 1.82) is 0 Å². The maximum absolute atomic E-state index is 11.5. The molecule has 4 heteroatoms. The van der Waals surface area contributed by atoms with Crippen molar-refractivity contribution in [2.75, 3.05) is 0 Å². The van der Waals surface area contributed by atoms with Crippen molar-refractivity contribution in [2.24, 2.45) is 0 Å². The molecule has 0 rings (SSSR count). The van der Waals surface area contributed by atoms with E-state index in [1.807, 2.05) is 0 Å². The summed E-state index contributed by atoms with van der Waals surface area (Å²) >= 11 is 0. The highest BCUT2D eigenvalue weighted by molar-refractivity contribution is 5.77. The zero-order chi connectivity index (χ0) is 24.4. The number of hydrogen-bond acceptors (Lipinski definition) is 3. The second-order valence-corrected chi connectivity index (χ2v) is 9.28. The van der Waals surface area contributed by atoms with E-state index in [2.05, 4.69) is 31.2 Å². The van der Waals surface area contributed by atoms with Crippen LogP contribution < -0.4 is 0 Å². The number of hydrogen-bond donors (Lipinski definition) is 1. The average molecular weight is 465 g/mol. The minimum atomic E-state index is -1.10. The van der Waals surface area contributed by atoms with E-state index in [1.165, 1.54) is 103 Å². The summed E-state index contributed by atoms with van der Waals surface area (Å²) in [7, 11) is 0. The first-order valence-electron chi connectivity index (χ1n) is 13.8. The van der Waals surface area contributed by atoms with E-state index in [0.717, 1.165) is 25.7 Å². The number of allylic oxidation sites excluding steroid dienone is 4. The van der Waals surface area contributed by atoms with E-state index in [4.69, 9.17) is 9.84 Å². The van der Waals surface area contributed by atoms with Crippen molar-refractivity contribution in [3.05, 3.63) is 24.3 Å². The van der Waals surface area contributed by atoms with Crippen LogP contribution in [0.15, 0.2) is 24.3 Å². The average Bonchev–Trinajstić information content (AvgIpc) is 2.79. The molecule has 0 radical (unpaired) electrons. The molecule has 1 unspecified atom stereocenters. The molecule has 0 aromatic carbocycles. The molecule has 0 heterocycles. The second kappa shape index (κ2) is 25.1. The lowest BCUT2D eigenvalue weighted by molar-refractivity contribution is -0.162. The Bertz CT molecular complexity index is 510. The maximum atomic E-state index is 11.5. The first kappa shape index (κ1) is 31.4. The molecular formula is C29H52O4. The van der Waals surface area contributed by atoms with Gasteiger partial charge in [0, 0.05) is 6.42 Å². The predicted octanol–water partition coefficient (Wildman–Crippen LogP) is 8.94. The summed E-state index contributed by atoms with van der Waals surface area (Å²) < 4.78 is 4.82. The predicted molar refractivity (Wildman–Crippen MR) is 139 cm³/mol. The van der Waals surface area contributed by atoms with Gasteiger partial charge >= 0.3 is 11.9 Å². The van der Waals surface area contributed by atoms with Gasteiger partial charge in [0.2, 0.25) is 0 Å². The minimum absolute atomic E-state index is 0.322. The minimum Gasteiger partial charge on any atom is -0.479 e. The fraction of sp³-hybridized carbons (Fsp3) is 0.793. The normalized spacial score (nSPS) is 12.5. The van der Waals surface area contributed by atoms with Gasteiger partial charge in [-0.25, -0.2) is 4.79 Å². The van der Waals surface area contributed by atoms with E-state index >= 15 is 0 Å². The van der Waals surface area contributed by atoms with Gasteiger partial charge < -0.3 is 9.84 Å². The zero-order valence-corrected chi connectivity index (χ0v) is 21.7. The molecule has 0 aliphatic heterocycles. The van der Waals surface area contributed by atoms with E-state index in [-0.39, 0.29) is 0 Å². The second-order valence-electron chi connectivity index (χ2n) is 9.28. The molecular weight excluding hydrogens is 412 g/mol. The quantitative estimate of drug-likeness (QED) is 0.0879. The fourth-order valence-corrected chi connectivity index (χ4v) is 3.80. The van der Waals surface area contributed by atoms with Gasteiger partial charge in [-0.15, -0.1) is 0 Å². The number of carbonyl (C=O) groups is 2. The lowest BCUT2D eigenvalue weighted by Gasteiger charge is -2.08. The molecule has 1 atom stereocenters. The van der Waals surface area contributed by atoms with E-state index < -0.39 is 18.0 Å². The molecule has 0 aromatic heterocycles. The number of aliphatic carboxylic acids is 1. The maximum Gasteiger partial charge on any atom is 0.344 e. The van der Waals surface area contributed by atoms with Gasteiger partial charge in [-0.2, -0.15) is 0 Å². The van der Waals surface area contributed by atoms with E-state index in [0.29, 0.717) is 6.42 Å². The van der Waals surface area contributed by atoms with Crippen LogP contribution in [0.2, 0.25) is 0 Å². The molecule has 0 fully saturated rings. The largest absolute Gasteiger partial charge is 0.479 e. The van der Waals surface area contributed by atoms with Gasteiger partial charge in [-0.3, -0.25) is 4.79 Å². The van der Waals surface area contributed by atoms with Gasteiger partial charge in [-0.05, 0) is 45.4 Å². The van der Waals surface area contributed by atoms with E-state index in [1.54, 1.807) is 0 Å². The Morgan fingerprint density at radius 2 is 1.09 bits per heavy atom. The van der Waals surface area contributed by atoms with Crippen LogP contribution in [-0.4, -0.2) is 23.1 Å². The number of rotatable bonds is 24. The monoisotopic (exact) mass is 464 g/mol. The van der Waals surface area contributed by atoms with Gasteiger partial charge in [-0.1, -0.05) is 115 Å². The van der Waals surface area contributed by atoms with Crippen molar-refractivity contribution in [2.45, 2.75) is 148 Å². The van der Waals surface area contributed by atoms with Crippen LogP contribution in [0, 0.1) is 0 Å². The molecule has 0 amide bonds. The molecule has 192 valence electrons. The van der Waals surface area contributed by atoms with Gasteiger partial charge in [0.15, 0.2) is 6.10 Å². The standard InChI is InChI=1S/C29H52O4/c1-3-4-5-6-7-8-9-10-11-12-13-14-15-16-17-18-19-20-21-22-23-24-25-26-28(30)33-27(2)29(31)32/h9-10,12-13,27H,3-8,11,14-26H2,1-2H3,(H,31,32)/b10-9-,13-12-. The van der Waals surface area contributed by atoms with Crippen LogP contribution >= 0.6 is 0 Å². The van der Waals surface area contributed by atoms with Gasteiger partial charge in [0.1, 0.15) is 0 Å². The van der Waals surface area contributed by atoms with Crippen molar-refractivity contribution in [3.8, 4) is 0 Å². The Balaban J connectivity index is 3.26. The van der Waals surface area contributed by atoms with Gasteiger partial charge in [0.25, 0.3) is 0 Å². The summed E-state index contributed by atoms with van der Waals surface area (Å²) in [6.07, 6.45) is 32.4. The third-order valence-electron chi connectivity index (χ3n) is 5.99. The third kappa shape index (κ3) is 24.9. The lowest BCUT2D eigenvalue weighted by Crippen LogP contribution is -2.23. The van der Waals surface area contributed by atoms with Crippen LogP contribution in [-0.2, 0) is 14.3 Å². The molecule has 0 saturated heterocycles. The topological polar surface area (TPSA) is 63.6 Å². The van der Waals surface area contributed by atoms with Crippen LogP contribution in [0.3, 0.4) is 0 Å². The first-order chi connectivity index (χ1) is 16.1. The third-order valence-corrected chi connectivity index (χ3v) is 5.99. The Morgan fingerprint density at radius 1 is 0.667 bits per heavy atom. The number of esters is 1. The molecule has 0 saturated carbocycles. The molecule has 0 aromatic rings. The van der Waals surface area contributed by atoms with Gasteiger partial charge in [0.05, 0.1) is 0 Å². The SMILES string of the molecule is CCCCCCC/C=C\C/C=C\CCCCCCCCCCCCCC(=O)OC(C)C(=O)O. The molecule has 0 aliphatic carbocycles. The molecule has 1 N–H and O–H groups in total. The Kier molecular flexibility index (Phi) is 23.9. The van der Waals surface area contributed by atoms with Crippen LogP contribution in [0.5, 0.6) is 0 Å². The summed E-state index contributed by atoms with van der Waals surface area (Å²) in [5.41, 5.74) is 0. The zero-order valence-electron chi connectivity index (χ0n) is 21.7. The lowest BCUT2D eigenvalue weighted by atomic mass is 10.0. The number of carboxylic acid groups (broad SMARTS) is 1.